The van der Waals surface area contributed by atoms with Gasteiger partial charge in [0.25, 0.3) is 0 Å². The summed E-state index contributed by atoms with van der Waals surface area (Å²) in [6.07, 6.45) is 0.978. The number of hydrogen-bond acceptors (Lipinski definition) is 5. The maximum Gasteiger partial charge on any atom is 0.317 e. The molecule has 2 aliphatic rings. The Morgan fingerprint density at radius 3 is 2.88 bits per heavy atom. The number of ether oxygens (including phenoxy) is 2. The average Bonchev–Trinajstić information content (AvgIpc) is 2.87. The zero-order valence-corrected chi connectivity index (χ0v) is 15.1. The van der Waals surface area contributed by atoms with E-state index in [1.807, 2.05) is 4.90 Å². The number of nitrogens with one attached hydrogen (secondary N) is 1. The van der Waals surface area contributed by atoms with Crippen molar-refractivity contribution in [3.05, 3.63) is 21.9 Å². The molecule has 6 nitrogen and oxygen atoms in total. The molecule has 0 unspecified atom stereocenters. The summed E-state index contributed by atoms with van der Waals surface area (Å²) in [6.45, 7) is 9.17. The topological polar surface area (TPSA) is 54.0 Å². The second-order valence-electron chi connectivity index (χ2n) is 6.38. The van der Waals surface area contributed by atoms with Gasteiger partial charge in [-0.3, -0.25) is 4.90 Å². The van der Waals surface area contributed by atoms with Crippen LogP contribution in [-0.4, -0.2) is 74.5 Å². The van der Waals surface area contributed by atoms with Crippen molar-refractivity contribution in [3.63, 3.8) is 0 Å². The van der Waals surface area contributed by atoms with Gasteiger partial charge in [-0.05, 0) is 25.5 Å². The highest BCUT2D eigenvalue weighted by Crippen LogP contribution is 2.15. The fraction of sp³-hybridized carbons (Fsp3) is 0.706. The summed E-state index contributed by atoms with van der Waals surface area (Å²) in [6, 6.07) is 4.18. The Hall–Kier alpha value is -1.15. The van der Waals surface area contributed by atoms with E-state index in [1.165, 1.54) is 9.75 Å². The van der Waals surface area contributed by atoms with Gasteiger partial charge in [0.15, 0.2) is 0 Å². The van der Waals surface area contributed by atoms with Gasteiger partial charge in [0.1, 0.15) is 0 Å². The quantitative estimate of drug-likeness (QED) is 0.895. The lowest BCUT2D eigenvalue weighted by atomic mass is 10.3. The molecule has 2 amide bonds. The third-order valence-corrected chi connectivity index (χ3v) is 5.41. The van der Waals surface area contributed by atoms with Crippen molar-refractivity contribution in [1.29, 1.82) is 0 Å². The Balaban J connectivity index is 1.48. The minimum atomic E-state index is 0.0125. The lowest BCUT2D eigenvalue weighted by Gasteiger charge is -2.31. The molecular formula is C17H27N3O3S. The van der Waals surface area contributed by atoms with Crippen molar-refractivity contribution >= 4 is 17.4 Å². The Bertz CT molecular complexity index is 531. The molecule has 2 fully saturated rings. The Labute approximate surface area is 147 Å². The number of morpholine rings is 1. The molecule has 0 saturated carbocycles. The largest absolute Gasteiger partial charge is 0.379 e. The van der Waals surface area contributed by atoms with Crippen LogP contribution in [0, 0.1) is 6.92 Å². The maximum absolute atomic E-state index is 12.5. The fourth-order valence-corrected chi connectivity index (χ4v) is 3.95. The Kier molecular flexibility index (Phi) is 6.48. The number of amides is 2. The zero-order chi connectivity index (χ0) is 16.8. The van der Waals surface area contributed by atoms with Gasteiger partial charge >= 0.3 is 6.03 Å². The Morgan fingerprint density at radius 2 is 2.12 bits per heavy atom. The molecule has 1 N–H and O–H groups in total. The van der Waals surface area contributed by atoms with Crippen molar-refractivity contribution < 1.29 is 14.3 Å². The number of urea groups is 1. The van der Waals surface area contributed by atoms with Crippen molar-refractivity contribution in [2.24, 2.45) is 0 Å². The van der Waals surface area contributed by atoms with Crippen LogP contribution in [0.25, 0.3) is 0 Å². The van der Waals surface area contributed by atoms with E-state index >= 15 is 0 Å². The highest BCUT2D eigenvalue weighted by atomic mass is 32.1. The minimum absolute atomic E-state index is 0.0125. The van der Waals surface area contributed by atoms with Crippen LogP contribution in [0.2, 0.25) is 0 Å². The summed E-state index contributed by atoms with van der Waals surface area (Å²) in [5, 5.41) is 3.04. The molecule has 1 aromatic rings. The number of aryl methyl sites for hydroxylation is 1. The van der Waals surface area contributed by atoms with E-state index in [2.05, 4.69) is 29.3 Å². The molecule has 0 aromatic carbocycles. The normalized spacial score (nSPS) is 23.0. The minimum Gasteiger partial charge on any atom is -0.379 e. The first-order valence-corrected chi connectivity index (χ1v) is 9.52. The zero-order valence-electron chi connectivity index (χ0n) is 14.3. The Morgan fingerprint density at radius 1 is 1.29 bits per heavy atom. The first-order valence-electron chi connectivity index (χ1n) is 8.70. The van der Waals surface area contributed by atoms with Crippen LogP contribution >= 0.6 is 11.3 Å². The first-order chi connectivity index (χ1) is 11.7. The van der Waals surface area contributed by atoms with Crippen molar-refractivity contribution in [1.82, 2.24) is 15.1 Å². The monoisotopic (exact) mass is 353 g/mol. The molecule has 0 bridgehead atoms. The molecule has 1 atom stereocenters. The van der Waals surface area contributed by atoms with Gasteiger partial charge in [0, 0.05) is 49.1 Å². The summed E-state index contributed by atoms with van der Waals surface area (Å²) < 4.78 is 11.3. The summed E-state index contributed by atoms with van der Waals surface area (Å²) in [4.78, 5) is 19.2. The van der Waals surface area contributed by atoms with Crippen LogP contribution in [0.5, 0.6) is 0 Å². The molecule has 0 radical (unpaired) electrons. The number of nitrogens with zero attached hydrogens (tertiary/aromatic N) is 2. The summed E-state index contributed by atoms with van der Waals surface area (Å²) in [7, 11) is 0. The van der Waals surface area contributed by atoms with Gasteiger partial charge in [-0.1, -0.05) is 0 Å². The average molecular weight is 353 g/mol. The van der Waals surface area contributed by atoms with E-state index in [-0.39, 0.29) is 12.1 Å². The fourth-order valence-electron chi connectivity index (χ4n) is 3.12. The smallest absolute Gasteiger partial charge is 0.317 e. The van der Waals surface area contributed by atoms with Crippen molar-refractivity contribution in [2.75, 3.05) is 52.5 Å². The molecule has 0 aliphatic carbocycles. The van der Waals surface area contributed by atoms with E-state index in [0.717, 1.165) is 52.4 Å². The van der Waals surface area contributed by atoms with Gasteiger partial charge in [-0.25, -0.2) is 4.79 Å². The van der Waals surface area contributed by atoms with Crippen LogP contribution in [0.15, 0.2) is 12.1 Å². The molecule has 3 heterocycles. The molecule has 2 aliphatic heterocycles. The van der Waals surface area contributed by atoms with Gasteiger partial charge in [-0.15, -0.1) is 11.3 Å². The van der Waals surface area contributed by atoms with Crippen molar-refractivity contribution in [2.45, 2.75) is 26.0 Å². The van der Waals surface area contributed by atoms with Crippen LogP contribution in [0.1, 0.15) is 16.2 Å². The number of carbonyl (C=O) groups is 1. The van der Waals surface area contributed by atoms with Crippen LogP contribution < -0.4 is 5.32 Å². The molecular weight excluding hydrogens is 326 g/mol. The summed E-state index contributed by atoms with van der Waals surface area (Å²) in [5.41, 5.74) is 0. The van der Waals surface area contributed by atoms with E-state index in [4.69, 9.17) is 9.47 Å². The number of hydrogen-bond donors (Lipinski definition) is 1. The summed E-state index contributed by atoms with van der Waals surface area (Å²) >= 11 is 1.73. The van der Waals surface area contributed by atoms with E-state index in [0.29, 0.717) is 13.1 Å². The van der Waals surface area contributed by atoms with Crippen molar-refractivity contribution in [3.8, 4) is 0 Å². The predicted octanol–water partition coefficient (Wildman–Crippen LogP) is 1.69. The third kappa shape index (κ3) is 5.17. The third-order valence-electron chi connectivity index (χ3n) is 4.41. The first kappa shape index (κ1) is 17.7. The lowest BCUT2D eigenvalue weighted by Crippen LogP contribution is -2.47. The molecule has 2 saturated heterocycles. The molecule has 0 spiro atoms. The number of rotatable bonds is 4. The van der Waals surface area contributed by atoms with E-state index in [9.17, 15) is 4.79 Å². The van der Waals surface area contributed by atoms with Gasteiger partial charge < -0.3 is 19.7 Å². The van der Waals surface area contributed by atoms with E-state index < -0.39 is 0 Å². The molecule has 1 aromatic heterocycles. The van der Waals surface area contributed by atoms with Gasteiger partial charge in [-0.2, -0.15) is 0 Å². The molecule has 24 heavy (non-hydrogen) atoms. The SMILES string of the molecule is Cc1ccc(CNC(=O)N2CCCO[C@H](CN3CCOCC3)C2)s1. The van der Waals surface area contributed by atoms with Crippen LogP contribution in [-0.2, 0) is 16.0 Å². The highest BCUT2D eigenvalue weighted by Gasteiger charge is 2.25. The lowest BCUT2D eigenvalue weighted by molar-refractivity contribution is -0.0101. The predicted molar refractivity (Wildman–Crippen MR) is 94.5 cm³/mol. The molecule has 7 heteroatoms. The highest BCUT2D eigenvalue weighted by molar-refractivity contribution is 7.11. The number of thiophene rings is 1. The number of carbonyl (C=O) groups excluding carboxylic acids is 1. The second-order valence-corrected chi connectivity index (χ2v) is 7.75. The van der Waals surface area contributed by atoms with E-state index in [1.54, 1.807) is 11.3 Å². The maximum atomic E-state index is 12.5. The summed E-state index contributed by atoms with van der Waals surface area (Å²) in [5.74, 6) is 0. The van der Waals surface area contributed by atoms with Crippen LogP contribution in [0.3, 0.4) is 0 Å². The molecule has 134 valence electrons. The molecule has 3 rings (SSSR count). The standard InChI is InChI=1S/C17H27N3O3S/c1-14-3-4-16(24-14)11-18-17(21)20-5-2-8-23-15(13-20)12-19-6-9-22-10-7-19/h3-4,15H,2,5-13H2,1H3,(H,18,21)/t15-/m1/s1. The second kappa shape index (κ2) is 8.80. The van der Waals surface area contributed by atoms with Crippen LogP contribution in [0.4, 0.5) is 4.79 Å². The van der Waals surface area contributed by atoms with Gasteiger partial charge in [0.2, 0.25) is 0 Å². The van der Waals surface area contributed by atoms with Gasteiger partial charge in [0.05, 0.1) is 25.9 Å².